The van der Waals surface area contributed by atoms with Crippen LogP contribution in [0.5, 0.6) is 0 Å². The molecule has 0 radical (unpaired) electrons. The van der Waals surface area contributed by atoms with Crippen molar-refractivity contribution >= 4 is 0 Å². The molecule has 0 aromatic carbocycles. The fraction of sp³-hybridized carbons (Fsp3) is 1.00. The summed E-state index contributed by atoms with van der Waals surface area (Å²) in [6.45, 7) is 12.6. The first-order valence-electron chi connectivity index (χ1n) is 4.89. The summed E-state index contributed by atoms with van der Waals surface area (Å²) < 4.78 is 0. The highest BCUT2D eigenvalue weighted by Gasteiger charge is 2.13. The van der Waals surface area contributed by atoms with Crippen LogP contribution in [0.1, 0.15) is 47.5 Å². The van der Waals surface area contributed by atoms with Gasteiger partial charge in [-0.1, -0.05) is 13.8 Å². The second kappa shape index (κ2) is 5.59. The van der Waals surface area contributed by atoms with Crippen molar-refractivity contribution in [3.05, 3.63) is 0 Å². The molecule has 0 aliphatic carbocycles. The molecule has 1 atom stereocenters. The van der Waals surface area contributed by atoms with Crippen molar-refractivity contribution in [1.29, 1.82) is 0 Å². The van der Waals surface area contributed by atoms with Crippen LogP contribution < -0.4 is 0 Å². The molecule has 0 rings (SSSR count). The lowest BCUT2D eigenvalue weighted by Gasteiger charge is -2.31. The Labute approximate surface area is 71.8 Å². The van der Waals surface area contributed by atoms with Gasteiger partial charge in [0.05, 0.1) is 0 Å². The van der Waals surface area contributed by atoms with Crippen molar-refractivity contribution in [3.8, 4) is 0 Å². The van der Waals surface area contributed by atoms with E-state index in [0.29, 0.717) is 6.04 Å². The van der Waals surface area contributed by atoms with E-state index in [1.807, 2.05) is 0 Å². The van der Waals surface area contributed by atoms with Crippen LogP contribution in [-0.4, -0.2) is 23.5 Å². The van der Waals surface area contributed by atoms with Crippen LogP contribution >= 0.6 is 0 Å². The van der Waals surface area contributed by atoms with Crippen molar-refractivity contribution in [2.24, 2.45) is 0 Å². The quantitative estimate of drug-likeness (QED) is 0.593. The number of nitrogens with zero attached hydrogens (tertiary/aromatic N) is 1. The third-order valence-electron chi connectivity index (χ3n) is 2.30. The van der Waals surface area contributed by atoms with Crippen LogP contribution in [0, 0.1) is 0 Å². The lowest BCUT2D eigenvalue weighted by atomic mass is 10.1. The number of hydrogen-bond acceptors (Lipinski definition) is 1. The van der Waals surface area contributed by atoms with Crippen LogP contribution in [0.4, 0.5) is 0 Å². The summed E-state index contributed by atoms with van der Waals surface area (Å²) in [6, 6.07) is 1.44. The van der Waals surface area contributed by atoms with Crippen LogP contribution in [-0.2, 0) is 0 Å². The Hall–Kier alpha value is -0.0400. The Balaban J connectivity index is 3.87. The fourth-order valence-electron chi connectivity index (χ4n) is 1.48. The molecular formula is C10H23N. The lowest BCUT2D eigenvalue weighted by Crippen LogP contribution is -2.38. The van der Waals surface area contributed by atoms with Crippen molar-refractivity contribution in [2.75, 3.05) is 6.54 Å². The first-order chi connectivity index (χ1) is 5.13. The van der Waals surface area contributed by atoms with Gasteiger partial charge in [-0.15, -0.1) is 0 Å². The highest BCUT2D eigenvalue weighted by atomic mass is 15.2. The Bertz CT molecular complexity index is 88.9. The summed E-state index contributed by atoms with van der Waals surface area (Å²) in [6.07, 6.45) is 2.53. The summed E-state index contributed by atoms with van der Waals surface area (Å²) >= 11 is 0. The van der Waals surface area contributed by atoms with E-state index in [1.54, 1.807) is 0 Å². The average Bonchev–Trinajstić information content (AvgIpc) is 1.98. The van der Waals surface area contributed by atoms with E-state index < -0.39 is 0 Å². The lowest BCUT2D eigenvalue weighted by molar-refractivity contribution is 0.160. The van der Waals surface area contributed by atoms with Crippen LogP contribution in [0.3, 0.4) is 0 Å². The number of rotatable bonds is 5. The maximum atomic E-state index is 2.57. The molecule has 0 fully saturated rings. The molecule has 0 aromatic heterocycles. The SMILES string of the molecule is CCCN(C(C)C)C(C)CC. The molecule has 0 spiro atoms. The molecule has 0 saturated carbocycles. The maximum absolute atomic E-state index is 2.57. The number of hydrogen-bond donors (Lipinski definition) is 0. The topological polar surface area (TPSA) is 3.24 Å². The summed E-state index contributed by atoms with van der Waals surface area (Å²) in [5, 5.41) is 0. The Morgan fingerprint density at radius 3 is 1.91 bits per heavy atom. The predicted molar refractivity (Wildman–Crippen MR) is 51.9 cm³/mol. The van der Waals surface area contributed by atoms with Gasteiger partial charge in [0.1, 0.15) is 0 Å². The summed E-state index contributed by atoms with van der Waals surface area (Å²) in [5.74, 6) is 0. The molecule has 0 saturated heterocycles. The minimum Gasteiger partial charge on any atom is -0.298 e. The van der Waals surface area contributed by atoms with E-state index >= 15 is 0 Å². The molecule has 1 nitrogen and oxygen atoms in total. The third kappa shape index (κ3) is 3.76. The molecule has 1 heteroatoms. The third-order valence-corrected chi connectivity index (χ3v) is 2.30. The minimum atomic E-state index is 0.699. The molecule has 0 aliphatic heterocycles. The summed E-state index contributed by atoms with van der Waals surface area (Å²) in [5.41, 5.74) is 0. The molecular weight excluding hydrogens is 134 g/mol. The van der Waals surface area contributed by atoms with Crippen LogP contribution in [0.25, 0.3) is 0 Å². The second-order valence-corrected chi connectivity index (χ2v) is 3.59. The van der Waals surface area contributed by atoms with Crippen molar-refractivity contribution in [1.82, 2.24) is 4.90 Å². The van der Waals surface area contributed by atoms with Crippen molar-refractivity contribution < 1.29 is 0 Å². The molecule has 11 heavy (non-hydrogen) atoms. The van der Waals surface area contributed by atoms with E-state index in [2.05, 4.69) is 39.5 Å². The predicted octanol–water partition coefficient (Wildman–Crippen LogP) is 2.91. The zero-order valence-electron chi connectivity index (χ0n) is 8.72. The zero-order valence-corrected chi connectivity index (χ0v) is 8.72. The van der Waals surface area contributed by atoms with Gasteiger partial charge in [-0.2, -0.15) is 0 Å². The maximum Gasteiger partial charge on any atom is 0.00670 e. The van der Waals surface area contributed by atoms with E-state index in [0.717, 1.165) is 6.04 Å². The van der Waals surface area contributed by atoms with E-state index in [-0.39, 0.29) is 0 Å². The van der Waals surface area contributed by atoms with E-state index in [9.17, 15) is 0 Å². The van der Waals surface area contributed by atoms with Crippen LogP contribution in [0.2, 0.25) is 0 Å². The van der Waals surface area contributed by atoms with Gasteiger partial charge in [-0.05, 0) is 40.2 Å². The van der Waals surface area contributed by atoms with Crippen molar-refractivity contribution in [2.45, 2.75) is 59.5 Å². The molecule has 68 valence electrons. The Morgan fingerprint density at radius 2 is 1.64 bits per heavy atom. The molecule has 0 aliphatic rings. The summed E-state index contributed by atoms with van der Waals surface area (Å²) in [4.78, 5) is 2.57. The smallest absolute Gasteiger partial charge is 0.00670 e. The van der Waals surface area contributed by atoms with E-state index in [1.165, 1.54) is 19.4 Å². The molecule has 0 aromatic rings. The van der Waals surface area contributed by atoms with E-state index in [4.69, 9.17) is 0 Å². The summed E-state index contributed by atoms with van der Waals surface area (Å²) in [7, 11) is 0. The largest absolute Gasteiger partial charge is 0.298 e. The average molecular weight is 157 g/mol. The van der Waals surface area contributed by atoms with Gasteiger partial charge in [0, 0.05) is 12.1 Å². The van der Waals surface area contributed by atoms with Gasteiger partial charge in [0.25, 0.3) is 0 Å². The van der Waals surface area contributed by atoms with Gasteiger partial charge in [0.15, 0.2) is 0 Å². The first kappa shape index (κ1) is 11.0. The standard InChI is InChI=1S/C10H23N/c1-6-8-11(9(3)4)10(5)7-2/h9-10H,6-8H2,1-5H3. The molecule has 1 unspecified atom stereocenters. The van der Waals surface area contributed by atoms with Crippen molar-refractivity contribution in [3.63, 3.8) is 0 Å². The minimum absolute atomic E-state index is 0.699. The highest BCUT2D eigenvalue weighted by molar-refractivity contribution is 4.68. The fourth-order valence-corrected chi connectivity index (χ4v) is 1.48. The Kier molecular flexibility index (Phi) is 5.57. The highest BCUT2D eigenvalue weighted by Crippen LogP contribution is 2.08. The zero-order chi connectivity index (χ0) is 8.85. The van der Waals surface area contributed by atoms with Gasteiger partial charge in [-0.25, -0.2) is 0 Å². The second-order valence-electron chi connectivity index (χ2n) is 3.59. The van der Waals surface area contributed by atoms with Gasteiger partial charge < -0.3 is 0 Å². The first-order valence-corrected chi connectivity index (χ1v) is 4.89. The normalized spacial score (nSPS) is 14.5. The molecule has 0 N–H and O–H groups in total. The van der Waals surface area contributed by atoms with Gasteiger partial charge in [0.2, 0.25) is 0 Å². The molecule has 0 heterocycles. The van der Waals surface area contributed by atoms with Gasteiger partial charge >= 0.3 is 0 Å². The molecule has 0 amide bonds. The van der Waals surface area contributed by atoms with Crippen LogP contribution in [0.15, 0.2) is 0 Å². The Morgan fingerprint density at radius 1 is 1.09 bits per heavy atom. The molecule has 0 bridgehead atoms. The van der Waals surface area contributed by atoms with Gasteiger partial charge in [-0.3, -0.25) is 4.90 Å². The monoisotopic (exact) mass is 157 g/mol.